The SMILES string of the molecule is CC(C)(C)NCC(O)Cn1c(=O)sc2ccccc2c1=O. The summed E-state index contributed by atoms with van der Waals surface area (Å²) in [6.07, 6.45) is -0.789. The van der Waals surface area contributed by atoms with Crippen LogP contribution in [0.3, 0.4) is 0 Å². The van der Waals surface area contributed by atoms with E-state index in [1.54, 1.807) is 24.3 Å². The van der Waals surface area contributed by atoms with Gasteiger partial charge >= 0.3 is 4.87 Å². The highest BCUT2D eigenvalue weighted by atomic mass is 32.1. The maximum Gasteiger partial charge on any atom is 0.310 e. The highest BCUT2D eigenvalue weighted by Crippen LogP contribution is 2.10. The van der Waals surface area contributed by atoms with E-state index in [0.717, 1.165) is 15.9 Å². The van der Waals surface area contributed by atoms with Gasteiger partial charge in [0.15, 0.2) is 0 Å². The van der Waals surface area contributed by atoms with Crippen LogP contribution in [0.15, 0.2) is 33.9 Å². The Morgan fingerprint density at radius 1 is 1.29 bits per heavy atom. The largest absolute Gasteiger partial charge is 0.390 e. The van der Waals surface area contributed by atoms with E-state index >= 15 is 0 Å². The van der Waals surface area contributed by atoms with Crippen LogP contribution >= 0.6 is 11.3 Å². The fourth-order valence-electron chi connectivity index (χ4n) is 1.97. The summed E-state index contributed by atoms with van der Waals surface area (Å²) in [6, 6.07) is 7.02. The van der Waals surface area contributed by atoms with Crippen molar-refractivity contribution in [3.8, 4) is 0 Å². The van der Waals surface area contributed by atoms with Gasteiger partial charge in [0, 0.05) is 16.8 Å². The van der Waals surface area contributed by atoms with Crippen molar-refractivity contribution < 1.29 is 5.11 Å². The summed E-state index contributed by atoms with van der Waals surface area (Å²) in [5.74, 6) is 0. The molecule has 0 amide bonds. The lowest BCUT2D eigenvalue weighted by Gasteiger charge is -2.23. The second-order valence-electron chi connectivity index (χ2n) is 6.06. The number of hydrogen-bond acceptors (Lipinski definition) is 5. The zero-order valence-electron chi connectivity index (χ0n) is 12.4. The molecule has 0 fully saturated rings. The number of nitrogens with one attached hydrogen (secondary N) is 1. The third-order valence-corrected chi connectivity index (χ3v) is 4.01. The molecule has 0 spiro atoms. The van der Waals surface area contributed by atoms with Gasteiger partial charge < -0.3 is 10.4 Å². The zero-order valence-corrected chi connectivity index (χ0v) is 13.2. The minimum atomic E-state index is -0.789. The summed E-state index contributed by atoms with van der Waals surface area (Å²) >= 11 is 1.02. The van der Waals surface area contributed by atoms with Crippen molar-refractivity contribution in [1.82, 2.24) is 9.88 Å². The van der Waals surface area contributed by atoms with Crippen molar-refractivity contribution in [3.05, 3.63) is 44.3 Å². The molecule has 1 aromatic heterocycles. The van der Waals surface area contributed by atoms with Gasteiger partial charge in [0.2, 0.25) is 0 Å². The molecule has 0 saturated heterocycles. The van der Waals surface area contributed by atoms with Crippen molar-refractivity contribution in [2.24, 2.45) is 0 Å². The van der Waals surface area contributed by atoms with Gasteiger partial charge in [-0.3, -0.25) is 14.2 Å². The van der Waals surface area contributed by atoms with Crippen LogP contribution in [0.4, 0.5) is 0 Å². The van der Waals surface area contributed by atoms with Crippen LogP contribution in [0, 0.1) is 0 Å². The molecule has 0 aliphatic heterocycles. The van der Waals surface area contributed by atoms with Gasteiger partial charge in [-0.2, -0.15) is 0 Å². The Morgan fingerprint density at radius 3 is 2.62 bits per heavy atom. The van der Waals surface area contributed by atoms with Crippen LogP contribution in [0.2, 0.25) is 0 Å². The fraction of sp³-hybridized carbons (Fsp3) is 0.467. The Hall–Kier alpha value is -1.50. The molecule has 2 aromatic rings. The Labute approximate surface area is 126 Å². The highest BCUT2D eigenvalue weighted by Gasteiger charge is 2.15. The highest BCUT2D eigenvalue weighted by molar-refractivity contribution is 7.16. The summed E-state index contributed by atoms with van der Waals surface area (Å²) in [7, 11) is 0. The molecule has 0 radical (unpaired) electrons. The Morgan fingerprint density at radius 2 is 1.95 bits per heavy atom. The van der Waals surface area contributed by atoms with E-state index in [1.807, 2.05) is 20.8 Å². The lowest BCUT2D eigenvalue weighted by Crippen LogP contribution is -2.44. The first-order valence-corrected chi connectivity index (χ1v) is 7.65. The number of β-amino-alcohol motifs (C(OH)–C–C–N with tert-alkyl or cyclic N) is 1. The maximum absolute atomic E-state index is 12.3. The average Bonchev–Trinajstić information content (AvgIpc) is 2.40. The van der Waals surface area contributed by atoms with Gasteiger partial charge in [0.1, 0.15) is 0 Å². The molecule has 0 aliphatic carbocycles. The molecule has 1 aromatic carbocycles. The minimum absolute atomic E-state index is 0.00206. The average molecular weight is 308 g/mol. The first-order valence-electron chi connectivity index (χ1n) is 6.84. The molecule has 1 atom stereocenters. The number of hydrogen-bond donors (Lipinski definition) is 2. The van der Waals surface area contributed by atoms with Crippen LogP contribution in [-0.2, 0) is 6.54 Å². The van der Waals surface area contributed by atoms with E-state index in [2.05, 4.69) is 5.32 Å². The van der Waals surface area contributed by atoms with Crippen molar-refractivity contribution in [2.75, 3.05) is 6.54 Å². The quantitative estimate of drug-likeness (QED) is 0.889. The summed E-state index contributed by atoms with van der Waals surface area (Å²) < 4.78 is 1.79. The molecule has 0 aliphatic rings. The molecule has 2 N–H and O–H groups in total. The van der Waals surface area contributed by atoms with E-state index in [4.69, 9.17) is 0 Å². The van der Waals surface area contributed by atoms with Gasteiger partial charge in [-0.15, -0.1) is 0 Å². The number of aliphatic hydroxyl groups excluding tert-OH is 1. The first kappa shape index (κ1) is 15.9. The molecule has 21 heavy (non-hydrogen) atoms. The summed E-state index contributed by atoms with van der Waals surface area (Å²) in [4.78, 5) is 24.0. The second kappa shape index (κ2) is 6.09. The number of benzene rings is 1. The molecule has 1 heterocycles. The first-order chi connectivity index (χ1) is 9.78. The smallest absolute Gasteiger partial charge is 0.310 e. The molecular weight excluding hydrogens is 288 g/mol. The topological polar surface area (TPSA) is 71.3 Å². The standard InChI is InChI=1S/C15H20N2O3S/c1-15(2,3)16-8-10(18)9-17-13(19)11-6-4-5-7-12(11)21-14(17)20/h4-7,10,16,18H,8-9H2,1-3H3. The van der Waals surface area contributed by atoms with Crippen LogP contribution in [-0.4, -0.2) is 27.9 Å². The molecule has 0 saturated carbocycles. The van der Waals surface area contributed by atoms with E-state index < -0.39 is 6.10 Å². The van der Waals surface area contributed by atoms with E-state index in [0.29, 0.717) is 16.6 Å². The van der Waals surface area contributed by atoms with E-state index in [1.165, 1.54) is 0 Å². The summed E-state index contributed by atoms with van der Waals surface area (Å²) in [5, 5.41) is 13.7. The van der Waals surface area contributed by atoms with Crippen molar-refractivity contribution in [3.63, 3.8) is 0 Å². The molecular formula is C15H20N2O3S. The summed E-state index contributed by atoms with van der Waals surface area (Å²) in [6.45, 7) is 6.30. The lowest BCUT2D eigenvalue weighted by molar-refractivity contribution is 0.140. The Bertz CT molecular complexity index is 743. The molecule has 114 valence electrons. The van der Waals surface area contributed by atoms with Crippen LogP contribution in [0.1, 0.15) is 20.8 Å². The molecule has 2 rings (SSSR count). The Balaban J connectivity index is 2.26. The van der Waals surface area contributed by atoms with E-state index in [9.17, 15) is 14.7 Å². The zero-order chi connectivity index (χ0) is 15.6. The van der Waals surface area contributed by atoms with Gasteiger partial charge in [0.25, 0.3) is 5.56 Å². The van der Waals surface area contributed by atoms with E-state index in [-0.39, 0.29) is 22.5 Å². The molecule has 0 bridgehead atoms. The van der Waals surface area contributed by atoms with Crippen LogP contribution in [0.5, 0.6) is 0 Å². The van der Waals surface area contributed by atoms with Crippen molar-refractivity contribution >= 4 is 21.4 Å². The number of nitrogens with zero attached hydrogens (tertiary/aromatic N) is 1. The van der Waals surface area contributed by atoms with Gasteiger partial charge in [0.05, 0.1) is 18.0 Å². The van der Waals surface area contributed by atoms with Crippen molar-refractivity contribution in [2.45, 2.75) is 39.0 Å². The number of rotatable bonds is 4. The molecule has 5 nitrogen and oxygen atoms in total. The van der Waals surface area contributed by atoms with Gasteiger partial charge in [-0.05, 0) is 32.9 Å². The predicted octanol–water partition coefficient (Wildman–Crippen LogP) is 1.17. The second-order valence-corrected chi connectivity index (χ2v) is 7.06. The summed E-state index contributed by atoms with van der Waals surface area (Å²) in [5.41, 5.74) is -0.470. The van der Waals surface area contributed by atoms with Crippen LogP contribution in [0.25, 0.3) is 10.1 Å². The maximum atomic E-state index is 12.3. The lowest BCUT2D eigenvalue weighted by atomic mass is 10.1. The minimum Gasteiger partial charge on any atom is -0.390 e. The number of aromatic nitrogens is 1. The fourth-order valence-corrected chi connectivity index (χ4v) is 2.83. The molecule has 1 unspecified atom stereocenters. The van der Waals surface area contributed by atoms with Crippen molar-refractivity contribution in [1.29, 1.82) is 0 Å². The van der Waals surface area contributed by atoms with Gasteiger partial charge in [-0.1, -0.05) is 23.5 Å². The number of aliphatic hydroxyl groups is 1. The molecule has 6 heteroatoms. The third-order valence-electron chi connectivity index (χ3n) is 3.04. The third kappa shape index (κ3) is 4.00. The predicted molar refractivity (Wildman–Crippen MR) is 86.1 cm³/mol. The number of fused-ring (bicyclic) bond motifs is 1. The van der Waals surface area contributed by atoms with Crippen LogP contribution < -0.4 is 15.7 Å². The Kier molecular flexibility index (Phi) is 4.61. The monoisotopic (exact) mass is 308 g/mol. The normalized spacial score (nSPS) is 13.5. The van der Waals surface area contributed by atoms with Gasteiger partial charge in [-0.25, -0.2) is 0 Å².